The molecule has 1 N–H and O–H groups in total. The standard InChI is InChI=1S/C17H23NO/c1-3-12(2)13-4-7-17-16(10-13)14(11-19-17)8-9-18-15-5-6-15/h4,7,10-12,15,18H,3,5-6,8-9H2,1-2H3. The summed E-state index contributed by atoms with van der Waals surface area (Å²) in [5.41, 5.74) is 3.79. The van der Waals surface area contributed by atoms with E-state index in [9.17, 15) is 0 Å². The van der Waals surface area contributed by atoms with Crippen LogP contribution in [-0.4, -0.2) is 12.6 Å². The molecule has 1 aromatic carbocycles. The molecule has 1 aliphatic carbocycles. The molecule has 3 rings (SSSR count). The Hall–Kier alpha value is -1.28. The third-order valence-electron chi connectivity index (χ3n) is 4.26. The SMILES string of the molecule is CCC(C)c1ccc2occ(CCNC3CC3)c2c1. The number of nitrogens with one attached hydrogen (secondary N) is 1. The van der Waals surface area contributed by atoms with Crippen molar-refractivity contribution in [3.63, 3.8) is 0 Å². The largest absolute Gasteiger partial charge is 0.464 e. The van der Waals surface area contributed by atoms with Crippen LogP contribution < -0.4 is 5.32 Å². The summed E-state index contributed by atoms with van der Waals surface area (Å²) in [7, 11) is 0. The van der Waals surface area contributed by atoms with Crippen LogP contribution in [0.4, 0.5) is 0 Å². The van der Waals surface area contributed by atoms with E-state index in [0.29, 0.717) is 5.92 Å². The minimum Gasteiger partial charge on any atom is -0.464 e. The highest BCUT2D eigenvalue weighted by Crippen LogP contribution is 2.27. The van der Waals surface area contributed by atoms with Gasteiger partial charge in [0, 0.05) is 11.4 Å². The number of fused-ring (bicyclic) bond motifs is 1. The molecule has 0 radical (unpaired) electrons. The van der Waals surface area contributed by atoms with Crippen LogP contribution in [0.1, 0.15) is 50.2 Å². The monoisotopic (exact) mass is 257 g/mol. The fourth-order valence-electron chi connectivity index (χ4n) is 2.53. The van der Waals surface area contributed by atoms with Crippen LogP contribution >= 0.6 is 0 Å². The molecule has 0 aliphatic heterocycles. The van der Waals surface area contributed by atoms with E-state index in [1.54, 1.807) is 0 Å². The molecule has 0 bridgehead atoms. The molecule has 1 unspecified atom stereocenters. The van der Waals surface area contributed by atoms with Gasteiger partial charge >= 0.3 is 0 Å². The van der Waals surface area contributed by atoms with Crippen LogP contribution in [0.3, 0.4) is 0 Å². The molecule has 1 atom stereocenters. The Labute approximate surface area is 115 Å². The normalized spacial score (nSPS) is 16.9. The summed E-state index contributed by atoms with van der Waals surface area (Å²) in [4.78, 5) is 0. The molecule has 1 fully saturated rings. The van der Waals surface area contributed by atoms with Gasteiger partial charge in [-0.15, -0.1) is 0 Å². The highest BCUT2D eigenvalue weighted by Gasteiger charge is 2.20. The summed E-state index contributed by atoms with van der Waals surface area (Å²) < 4.78 is 5.66. The minimum absolute atomic E-state index is 0.622. The van der Waals surface area contributed by atoms with Crippen molar-refractivity contribution in [2.24, 2.45) is 0 Å². The first-order valence-electron chi connectivity index (χ1n) is 7.51. The van der Waals surface area contributed by atoms with Crippen molar-refractivity contribution in [1.29, 1.82) is 0 Å². The van der Waals surface area contributed by atoms with Crippen molar-refractivity contribution in [3.05, 3.63) is 35.6 Å². The first kappa shape index (κ1) is 12.7. The van der Waals surface area contributed by atoms with Gasteiger partial charge in [0.1, 0.15) is 5.58 Å². The van der Waals surface area contributed by atoms with Crippen LogP contribution in [0.2, 0.25) is 0 Å². The molecule has 102 valence electrons. The van der Waals surface area contributed by atoms with Crippen LogP contribution in [0.15, 0.2) is 28.9 Å². The molecule has 2 heteroatoms. The van der Waals surface area contributed by atoms with Gasteiger partial charge in [-0.2, -0.15) is 0 Å². The Balaban J connectivity index is 1.78. The summed E-state index contributed by atoms with van der Waals surface area (Å²) in [5, 5.41) is 4.87. The average molecular weight is 257 g/mol. The van der Waals surface area contributed by atoms with Gasteiger partial charge in [-0.1, -0.05) is 19.9 Å². The zero-order valence-corrected chi connectivity index (χ0v) is 11.9. The topological polar surface area (TPSA) is 25.2 Å². The quantitative estimate of drug-likeness (QED) is 0.837. The molecule has 0 amide bonds. The van der Waals surface area contributed by atoms with Crippen LogP contribution in [0, 0.1) is 0 Å². The number of benzene rings is 1. The van der Waals surface area contributed by atoms with E-state index in [4.69, 9.17) is 4.42 Å². The fraction of sp³-hybridized carbons (Fsp3) is 0.529. The second-order valence-corrected chi connectivity index (χ2v) is 5.80. The molecule has 1 aromatic heterocycles. The number of hydrogen-bond acceptors (Lipinski definition) is 2. The van der Waals surface area contributed by atoms with Crippen molar-refractivity contribution in [2.75, 3.05) is 6.54 Å². The lowest BCUT2D eigenvalue weighted by Crippen LogP contribution is -2.19. The van der Waals surface area contributed by atoms with Crippen molar-refractivity contribution in [3.8, 4) is 0 Å². The zero-order valence-electron chi connectivity index (χ0n) is 11.9. The molecule has 1 aliphatic rings. The molecule has 2 nitrogen and oxygen atoms in total. The Bertz CT molecular complexity index is 553. The van der Waals surface area contributed by atoms with E-state index >= 15 is 0 Å². The van der Waals surface area contributed by atoms with Gasteiger partial charge in [0.2, 0.25) is 0 Å². The Kier molecular flexibility index (Phi) is 3.61. The van der Waals surface area contributed by atoms with Crippen molar-refractivity contribution >= 4 is 11.0 Å². The summed E-state index contributed by atoms with van der Waals surface area (Å²) in [6, 6.07) is 7.43. The molecule has 19 heavy (non-hydrogen) atoms. The molecule has 1 heterocycles. The smallest absolute Gasteiger partial charge is 0.134 e. The summed E-state index contributed by atoms with van der Waals surface area (Å²) in [5.74, 6) is 0.622. The molecular weight excluding hydrogens is 234 g/mol. The Morgan fingerprint density at radius 2 is 2.21 bits per heavy atom. The third kappa shape index (κ3) is 2.84. The molecule has 1 saturated carbocycles. The van der Waals surface area contributed by atoms with E-state index in [1.807, 2.05) is 6.26 Å². The lowest BCUT2D eigenvalue weighted by atomic mass is 9.96. The minimum atomic E-state index is 0.622. The van der Waals surface area contributed by atoms with Crippen molar-refractivity contribution in [1.82, 2.24) is 5.32 Å². The lowest BCUT2D eigenvalue weighted by Gasteiger charge is -2.09. The van der Waals surface area contributed by atoms with E-state index in [-0.39, 0.29) is 0 Å². The molecule has 2 aromatic rings. The highest BCUT2D eigenvalue weighted by molar-refractivity contribution is 5.82. The van der Waals surface area contributed by atoms with Gasteiger partial charge in [-0.25, -0.2) is 0 Å². The van der Waals surface area contributed by atoms with E-state index in [2.05, 4.69) is 37.4 Å². The number of furan rings is 1. The summed E-state index contributed by atoms with van der Waals surface area (Å²) in [6.07, 6.45) is 6.88. The first-order valence-corrected chi connectivity index (χ1v) is 7.51. The predicted molar refractivity (Wildman–Crippen MR) is 79.6 cm³/mol. The lowest BCUT2D eigenvalue weighted by molar-refractivity contribution is 0.605. The van der Waals surface area contributed by atoms with Gasteiger partial charge in [-0.05, 0) is 61.4 Å². The van der Waals surface area contributed by atoms with Crippen molar-refractivity contribution in [2.45, 2.75) is 51.5 Å². The fourth-order valence-corrected chi connectivity index (χ4v) is 2.53. The summed E-state index contributed by atoms with van der Waals surface area (Å²) >= 11 is 0. The second-order valence-electron chi connectivity index (χ2n) is 5.80. The van der Waals surface area contributed by atoms with Gasteiger partial charge in [0.25, 0.3) is 0 Å². The van der Waals surface area contributed by atoms with E-state index in [1.165, 1.54) is 35.8 Å². The number of hydrogen-bond donors (Lipinski definition) is 1. The second kappa shape index (κ2) is 5.38. The summed E-state index contributed by atoms with van der Waals surface area (Å²) in [6.45, 7) is 5.59. The first-order chi connectivity index (χ1) is 9.28. The maximum Gasteiger partial charge on any atom is 0.134 e. The maximum absolute atomic E-state index is 5.66. The van der Waals surface area contributed by atoms with E-state index in [0.717, 1.165) is 24.6 Å². The average Bonchev–Trinajstić information content (AvgIpc) is 3.18. The predicted octanol–water partition coefficient (Wildman–Crippen LogP) is 4.24. The van der Waals surface area contributed by atoms with Crippen LogP contribution in [0.5, 0.6) is 0 Å². The van der Waals surface area contributed by atoms with E-state index < -0.39 is 0 Å². The number of rotatable bonds is 6. The van der Waals surface area contributed by atoms with Crippen LogP contribution in [0.25, 0.3) is 11.0 Å². The van der Waals surface area contributed by atoms with Gasteiger partial charge in [0.15, 0.2) is 0 Å². The van der Waals surface area contributed by atoms with Gasteiger partial charge < -0.3 is 9.73 Å². The Morgan fingerprint density at radius 3 is 2.95 bits per heavy atom. The Morgan fingerprint density at radius 1 is 1.37 bits per heavy atom. The van der Waals surface area contributed by atoms with Gasteiger partial charge in [-0.3, -0.25) is 0 Å². The molecular formula is C17H23NO. The zero-order chi connectivity index (χ0) is 13.2. The highest BCUT2D eigenvalue weighted by atomic mass is 16.3. The van der Waals surface area contributed by atoms with Crippen molar-refractivity contribution < 1.29 is 4.42 Å². The van der Waals surface area contributed by atoms with Crippen LogP contribution in [-0.2, 0) is 6.42 Å². The maximum atomic E-state index is 5.66. The third-order valence-corrected chi connectivity index (χ3v) is 4.26. The molecule has 0 spiro atoms. The van der Waals surface area contributed by atoms with Gasteiger partial charge in [0.05, 0.1) is 6.26 Å². The molecule has 0 saturated heterocycles.